The Morgan fingerprint density at radius 2 is 1.87 bits per heavy atom. The number of benzene rings is 1. The van der Waals surface area contributed by atoms with Crippen LogP contribution in [0.2, 0.25) is 0 Å². The number of pyridine rings is 1. The van der Waals surface area contributed by atoms with Crippen LogP contribution >= 0.6 is 0 Å². The monoisotopic (exact) mass is 422 g/mol. The molecule has 1 atom stereocenters. The highest BCUT2D eigenvalue weighted by molar-refractivity contribution is 5.95. The summed E-state index contributed by atoms with van der Waals surface area (Å²) in [5.74, 6) is 1.70. The number of hydrogen-bond acceptors (Lipinski definition) is 8. The van der Waals surface area contributed by atoms with Gasteiger partial charge in [0.25, 0.3) is 0 Å². The van der Waals surface area contributed by atoms with Gasteiger partial charge in [0.15, 0.2) is 17.3 Å². The van der Waals surface area contributed by atoms with Crippen LogP contribution < -0.4 is 25.3 Å². The fourth-order valence-corrected chi connectivity index (χ4v) is 3.65. The summed E-state index contributed by atoms with van der Waals surface area (Å²) in [6.07, 6.45) is 3.35. The fourth-order valence-electron chi connectivity index (χ4n) is 3.65. The van der Waals surface area contributed by atoms with E-state index in [9.17, 15) is 4.79 Å². The molecule has 0 fully saturated rings. The van der Waals surface area contributed by atoms with Gasteiger partial charge in [0.1, 0.15) is 6.04 Å². The SMILES string of the molecule is COc1cc(C2C(C(N)=O)=C(C)Nc3nc(-c4cccnc4)nn32)cc(OC)c1OC. The van der Waals surface area contributed by atoms with Crippen molar-refractivity contribution in [2.24, 2.45) is 5.73 Å². The molecule has 10 nitrogen and oxygen atoms in total. The predicted octanol–water partition coefficient (Wildman–Crippen LogP) is 2.14. The molecule has 1 aromatic carbocycles. The summed E-state index contributed by atoms with van der Waals surface area (Å²) in [6, 6.07) is 6.54. The standard InChI is InChI=1S/C21H22N6O4/c1-11-16(19(22)28)17(13-8-14(29-2)18(31-4)15(9-13)30-3)27-21(24-11)25-20(26-27)12-6-5-7-23-10-12/h5-10,17H,1-4H3,(H2,22,28)(H,24,25,26). The number of primary amides is 1. The molecule has 0 spiro atoms. The quantitative estimate of drug-likeness (QED) is 0.619. The van der Waals surface area contributed by atoms with Crippen LogP contribution in [0.3, 0.4) is 0 Å². The molecule has 1 unspecified atom stereocenters. The minimum atomic E-state index is -0.652. The van der Waals surface area contributed by atoms with Gasteiger partial charge in [0.05, 0.1) is 26.9 Å². The number of allylic oxidation sites excluding steroid dienone is 1. The van der Waals surface area contributed by atoms with E-state index < -0.39 is 11.9 Å². The highest BCUT2D eigenvalue weighted by Gasteiger charge is 2.34. The van der Waals surface area contributed by atoms with Gasteiger partial charge in [-0.25, -0.2) is 4.68 Å². The van der Waals surface area contributed by atoms with Crippen molar-refractivity contribution in [3.63, 3.8) is 0 Å². The second-order valence-corrected chi connectivity index (χ2v) is 6.83. The lowest BCUT2D eigenvalue weighted by Gasteiger charge is -2.28. The first-order valence-corrected chi connectivity index (χ1v) is 9.43. The first-order chi connectivity index (χ1) is 15.0. The van der Waals surface area contributed by atoms with Crippen molar-refractivity contribution in [2.45, 2.75) is 13.0 Å². The number of carbonyl (C=O) groups is 1. The van der Waals surface area contributed by atoms with E-state index in [0.29, 0.717) is 45.9 Å². The molecule has 31 heavy (non-hydrogen) atoms. The molecule has 1 aliphatic heterocycles. The maximum absolute atomic E-state index is 12.4. The van der Waals surface area contributed by atoms with E-state index in [0.717, 1.165) is 5.56 Å². The van der Waals surface area contributed by atoms with E-state index in [1.54, 1.807) is 42.2 Å². The number of nitrogens with zero attached hydrogens (tertiary/aromatic N) is 4. The molecule has 3 aromatic rings. The van der Waals surface area contributed by atoms with Gasteiger partial charge in [-0.05, 0) is 36.8 Å². The lowest BCUT2D eigenvalue weighted by Crippen LogP contribution is -2.31. The van der Waals surface area contributed by atoms with Crippen LogP contribution in [-0.4, -0.2) is 47.0 Å². The van der Waals surface area contributed by atoms with E-state index in [1.165, 1.54) is 21.3 Å². The van der Waals surface area contributed by atoms with Gasteiger partial charge in [-0.1, -0.05) is 0 Å². The maximum Gasteiger partial charge on any atom is 0.248 e. The molecular weight excluding hydrogens is 400 g/mol. The smallest absolute Gasteiger partial charge is 0.248 e. The van der Waals surface area contributed by atoms with Crippen molar-refractivity contribution in [3.8, 4) is 28.6 Å². The summed E-state index contributed by atoms with van der Waals surface area (Å²) < 4.78 is 18.0. The lowest BCUT2D eigenvalue weighted by atomic mass is 9.94. The van der Waals surface area contributed by atoms with Gasteiger partial charge in [-0.2, -0.15) is 4.98 Å². The van der Waals surface area contributed by atoms with E-state index in [-0.39, 0.29) is 0 Å². The molecule has 0 saturated carbocycles. The Bertz CT molecular complexity index is 1150. The molecule has 0 bridgehead atoms. The van der Waals surface area contributed by atoms with Crippen LogP contribution in [0.1, 0.15) is 18.5 Å². The van der Waals surface area contributed by atoms with Crippen LogP contribution in [0.15, 0.2) is 47.9 Å². The predicted molar refractivity (Wildman–Crippen MR) is 113 cm³/mol. The van der Waals surface area contributed by atoms with E-state index in [2.05, 4.69) is 20.4 Å². The fraction of sp³-hybridized carbons (Fsp3) is 0.238. The molecule has 3 N–H and O–H groups in total. The normalized spacial score (nSPS) is 15.2. The van der Waals surface area contributed by atoms with E-state index in [1.807, 2.05) is 6.07 Å². The van der Waals surface area contributed by atoms with Crippen molar-refractivity contribution in [1.82, 2.24) is 19.7 Å². The number of nitrogens with one attached hydrogen (secondary N) is 1. The Balaban J connectivity index is 1.94. The summed E-state index contributed by atoms with van der Waals surface area (Å²) in [5, 5.41) is 7.77. The number of amides is 1. The Labute approximate surface area is 178 Å². The Hall–Kier alpha value is -4.08. The molecule has 160 valence electrons. The summed E-state index contributed by atoms with van der Waals surface area (Å²) in [7, 11) is 4.58. The largest absolute Gasteiger partial charge is 0.493 e. The number of aromatic nitrogens is 4. The Kier molecular flexibility index (Phi) is 5.20. The average Bonchev–Trinajstić information content (AvgIpc) is 3.21. The minimum absolute atomic E-state index is 0.351. The van der Waals surface area contributed by atoms with Crippen molar-refractivity contribution < 1.29 is 19.0 Å². The average molecular weight is 422 g/mol. The molecule has 3 heterocycles. The Morgan fingerprint density at radius 3 is 2.42 bits per heavy atom. The topological polar surface area (TPSA) is 126 Å². The van der Waals surface area contributed by atoms with Crippen LogP contribution in [-0.2, 0) is 4.79 Å². The summed E-state index contributed by atoms with van der Waals surface area (Å²) in [4.78, 5) is 21.1. The zero-order valence-electron chi connectivity index (χ0n) is 17.5. The van der Waals surface area contributed by atoms with Crippen molar-refractivity contribution >= 4 is 11.9 Å². The number of hydrogen-bond donors (Lipinski definition) is 2. The number of fused-ring (bicyclic) bond motifs is 1. The number of ether oxygens (including phenoxy) is 3. The summed E-state index contributed by atoms with van der Waals surface area (Å²) in [5.41, 5.74) is 8.12. The first kappa shape index (κ1) is 20.2. The van der Waals surface area contributed by atoms with Gasteiger partial charge in [0, 0.05) is 23.7 Å². The molecule has 1 amide bonds. The number of rotatable bonds is 6. The van der Waals surface area contributed by atoms with E-state index >= 15 is 0 Å². The molecule has 0 saturated heterocycles. The van der Waals surface area contributed by atoms with Crippen molar-refractivity contribution in [1.29, 1.82) is 0 Å². The van der Waals surface area contributed by atoms with Gasteiger partial charge in [-0.3, -0.25) is 9.78 Å². The van der Waals surface area contributed by atoms with Gasteiger partial charge in [-0.15, -0.1) is 5.10 Å². The van der Waals surface area contributed by atoms with Crippen LogP contribution in [0, 0.1) is 0 Å². The summed E-state index contributed by atoms with van der Waals surface area (Å²) >= 11 is 0. The highest BCUT2D eigenvalue weighted by Crippen LogP contribution is 2.43. The van der Waals surface area contributed by atoms with Crippen molar-refractivity contribution in [2.75, 3.05) is 26.6 Å². The molecular formula is C21H22N6O4. The number of methoxy groups -OCH3 is 3. The highest BCUT2D eigenvalue weighted by atomic mass is 16.5. The zero-order chi connectivity index (χ0) is 22.1. The van der Waals surface area contributed by atoms with Crippen LogP contribution in [0.25, 0.3) is 11.4 Å². The van der Waals surface area contributed by atoms with E-state index in [4.69, 9.17) is 19.9 Å². The summed E-state index contributed by atoms with van der Waals surface area (Å²) in [6.45, 7) is 1.77. The molecule has 1 aliphatic rings. The van der Waals surface area contributed by atoms with Crippen molar-refractivity contribution in [3.05, 3.63) is 53.5 Å². The van der Waals surface area contributed by atoms with Gasteiger partial charge >= 0.3 is 0 Å². The van der Waals surface area contributed by atoms with Gasteiger partial charge in [0.2, 0.25) is 17.6 Å². The maximum atomic E-state index is 12.4. The third-order valence-corrected chi connectivity index (χ3v) is 5.04. The second-order valence-electron chi connectivity index (χ2n) is 6.83. The molecule has 4 rings (SSSR count). The van der Waals surface area contributed by atoms with Gasteiger partial charge < -0.3 is 25.3 Å². The zero-order valence-corrected chi connectivity index (χ0v) is 17.5. The Morgan fingerprint density at radius 1 is 1.16 bits per heavy atom. The minimum Gasteiger partial charge on any atom is -0.493 e. The van der Waals surface area contributed by atoms with Crippen LogP contribution in [0.5, 0.6) is 17.2 Å². The number of anilines is 1. The number of carbonyl (C=O) groups excluding carboxylic acids is 1. The first-order valence-electron chi connectivity index (χ1n) is 9.43. The molecule has 0 aliphatic carbocycles. The van der Waals surface area contributed by atoms with Crippen LogP contribution in [0.4, 0.5) is 5.95 Å². The number of nitrogens with two attached hydrogens (primary N) is 1. The third kappa shape index (κ3) is 3.41. The third-order valence-electron chi connectivity index (χ3n) is 5.04. The molecule has 10 heteroatoms. The molecule has 0 radical (unpaired) electrons. The lowest BCUT2D eigenvalue weighted by molar-refractivity contribution is -0.115. The molecule has 2 aromatic heterocycles. The second kappa shape index (κ2) is 7.98.